The molecule has 0 radical (unpaired) electrons. The van der Waals surface area contributed by atoms with Gasteiger partial charge in [0.05, 0.1) is 19.3 Å². The summed E-state index contributed by atoms with van der Waals surface area (Å²) in [6.45, 7) is 0.836. The fourth-order valence-corrected chi connectivity index (χ4v) is 2.35. The van der Waals surface area contributed by atoms with Crippen molar-refractivity contribution in [3.8, 4) is 5.88 Å². The Balaban J connectivity index is 1.68. The Morgan fingerprint density at radius 1 is 1.41 bits per heavy atom. The second kappa shape index (κ2) is 4.49. The summed E-state index contributed by atoms with van der Waals surface area (Å²) in [5.74, 6) is 1.95. The molecule has 1 aromatic heterocycles. The summed E-state index contributed by atoms with van der Waals surface area (Å²) in [5.41, 5.74) is 0. The summed E-state index contributed by atoms with van der Waals surface area (Å²) in [6, 6.07) is 2.09. The van der Waals surface area contributed by atoms with E-state index in [0.717, 1.165) is 18.9 Å². The molecule has 1 aliphatic heterocycles. The second-order valence-electron chi connectivity index (χ2n) is 4.63. The molecule has 5 heteroatoms. The number of hydrogen-bond acceptors (Lipinski definition) is 5. The van der Waals surface area contributed by atoms with Crippen LogP contribution >= 0.6 is 0 Å². The molecule has 2 aliphatic rings. The number of aromatic nitrogens is 2. The van der Waals surface area contributed by atoms with Gasteiger partial charge in [0.15, 0.2) is 0 Å². The number of hydrogen-bond donors (Lipinski definition) is 1. The van der Waals surface area contributed by atoms with Gasteiger partial charge >= 0.3 is 0 Å². The lowest BCUT2D eigenvalue weighted by Crippen LogP contribution is -2.31. The third-order valence-electron chi connectivity index (χ3n) is 3.38. The summed E-state index contributed by atoms with van der Waals surface area (Å²) >= 11 is 0. The Labute approximate surface area is 101 Å². The monoisotopic (exact) mass is 235 g/mol. The van der Waals surface area contributed by atoms with Crippen molar-refractivity contribution in [2.45, 2.75) is 31.4 Å². The summed E-state index contributed by atoms with van der Waals surface area (Å²) in [6.07, 6.45) is 5.66. The van der Waals surface area contributed by atoms with Crippen LogP contribution in [0.25, 0.3) is 0 Å². The first kappa shape index (κ1) is 10.8. The molecular formula is C12H17N3O2. The maximum atomic E-state index is 5.77. The van der Waals surface area contributed by atoms with Crippen molar-refractivity contribution < 1.29 is 9.47 Å². The highest BCUT2D eigenvalue weighted by molar-refractivity contribution is 5.30. The number of anilines is 1. The Morgan fingerprint density at radius 3 is 3.06 bits per heavy atom. The van der Waals surface area contributed by atoms with Crippen molar-refractivity contribution >= 4 is 5.95 Å². The zero-order valence-corrected chi connectivity index (χ0v) is 9.93. The minimum absolute atomic E-state index is 0.338. The second-order valence-corrected chi connectivity index (χ2v) is 4.63. The predicted molar refractivity (Wildman–Crippen MR) is 63.1 cm³/mol. The lowest BCUT2D eigenvalue weighted by atomic mass is 10.1. The standard InChI is InChI=1S/C12H17N3O2/c1-16-10-4-6-13-12(15-10)14-9-5-7-17-11(9)8-2-3-8/h4,6,8-9,11H,2-3,5,7H2,1H3,(H,13,14,15). The van der Waals surface area contributed by atoms with Gasteiger partial charge in [0.1, 0.15) is 0 Å². The highest BCUT2D eigenvalue weighted by Crippen LogP contribution is 2.39. The molecule has 1 N–H and O–H groups in total. The number of nitrogens with one attached hydrogen (secondary N) is 1. The van der Waals surface area contributed by atoms with Gasteiger partial charge < -0.3 is 14.8 Å². The van der Waals surface area contributed by atoms with E-state index in [1.54, 1.807) is 19.4 Å². The first-order valence-corrected chi connectivity index (χ1v) is 6.12. The largest absolute Gasteiger partial charge is 0.481 e. The van der Waals surface area contributed by atoms with E-state index in [1.165, 1.54) is 12.8 Å². The first-order valence-electron chi connectivity index (χ1n) is 6.12. The van der Waals surface area contributed by atoms with Gasteiger partial charge in [0.2, 0.25) is 11.8 Å². The zero-order chi connectivity index (χ0) is 11.7. The molecule has 2 unspecified atom stereocenters. The molecule has 3 rings (SSSR count). The van der Waals surface area contributed by atoms with Gasteiger partial charge in [-0.25, -0.2) is 4.98 Å². The molecule has 0 aromatic carbocycles. The number of rotatable bonds is 4. The zero-order valence-electron chi connectivity index (χ0n) is 9.93. The van der Waals surface area contributed by atoms with Gasteiger partial charge in [-0.05, 0) is 25.2 Å². The topological polar surface area (TPSA) is 56.3 Å². The van der Waals surface area contributed by atoms with Crippen molar-refractivity contribution in [1.29, 1.82) is 0 Å². The fraction of sp³-hybridized carbons (Fsp3) is 0.667. The van der Waals surface area contributed by atoms with Crippen LogP contribution in [0.5, 0.6) is 5.88 Å². The highest BCUT2D eigenvalue weighted by atomic mass is 16.5. The molecule has 0 spiro atoms. The molecule has 1 aromatic rings. The van der Waals surface area contributed by atoms with E-state index in [0.29, 0.717) is 24.0 Å². The van der Waals surface area contributed by atoms with Crippen LogP contribution in [0, 0.1) is 5.92 Å². The average Bonchev–Trinajstić information content (AvgIpc) is 3.11. The van der Waals surface area contributed by atoms with E-state index < -0.39 is 0 Å². The van der Waals surface area contributed by atoms with Gasteiger partial charge in [-0.3, -0.25) is 0 Å². The van der Waals surface area contributed by atoms with Crippen LogP contribution < -0.4 is 10.1 Å². The van der Waals surface area contributed by atoms with Gasteiger partial charge in [-0.15, -0.1) is 0 Å². The molecule has 2 atom stereocenters. The van der Waals surface area contributed by atoms with Crippen molar-refractivity contribution in [2.75, 3.05) is 19.0 Å². The summed E-state index contributed by atoms with van der Waals surface area (Å²) in [4.78, 5) is 8.48. The van der Waals surface area contributed by atoms with Crippen molar-refractivity contribution in [3.05, 3.63) is 12.3 Å². The molecule has 2 heterocycles. The normalized spacial score (nSPS) is 28.1. The fourth-order valence-electron chi connectivity index (χ4n) is 2.35. The van der Waals surface area contributed by atoms with Gasteiger partial charge in [-0.1, -0.05) is 0 Å². The smallest absolute Gasteiger partial charge is 0.226 e. The summed E-state index contributed by atoms with van der Waals surface area (Å²) < 4.78 is 10.9. The number of methoxy groups -OCH3 is 1. The summed E-state index contributed by atoms with van der Waals surface area (Å²) in [7, 11) is 1.61. The van der Waals surface area contributed by atoms with E-state index in [1.807, 2.05) is 0 Å². The molecule has 17 heavy (non-hydrogen) atoms. The molecular weight excluding hydrogens is 218 g/mol. The molecule has 5 nitrogen and oxygen atoms in total. The Morgan fingerprint density at radius 2 is 2.29 bits per heavy atom. The molecule has 92 valence electrons. The van der Waals surface area contributed by atoms with E-state index in [2.05, 4.69) is 15.3 Å². The van der Waals surface area contributed by atoms with Crippen LogP contribution in [-0.2, 0) is 4.74 Å². The Hall–Kier alpha value is -1.36. The lowest BCUT2D eigenvalue weighted by Gasteiger charge is -2.19. The van der Waals surface area contributed by atoms with Crippen LogP contribution in [0.2, 0.25) is 0 Å². The average molecular weight is 235 g/mol. The van der Waals surface area contributed by atoms with Gasteiger partial charge in [0, 0.05) is 18.9 Å². The Kier molecular flexibility index (Phi) is 2.84. The number of nitrogens with zero attached hydrogens (tertiary/aromatic N) is 2. The molecule has 2 fully saturated rings. The molecule has 1 saturated carbocycles. The van der Waals surface area contributed by atoms with Gasteiger partial charge in [-0.2, -0.15) is 4.98 Å². The minimum Gasteiger partial charge on any atom is -0.481 e. The maximum absolute atomic E-state index is 5.77. The van der Waals surface area contributed by atoms with Crippen molar-refractivity contribution in [3.63, 3.8) is 0 Å². The van der Waals surface area contributed by atoms with Crippen LogP contribution in [0.3, 0.4) is 0 Å². The van der Waals surface area contributed by atoms with E-state index >= 15 is 0 Å². The van der Waals surface area contributed by atoms with Crippen LogP contribution in [0.15, 0.2) is 12.3 Å². The summed E-state index contributed by atoms with van der Waals surface area (Å²) in [5, 5.41) is 3.36. The van der Waals surface area contributed by atoms with Crippen LogP contribution in [-0.4, -0.2) is 35.8 Å². The lowest BCUT2D eigenvalue weighted by molar-refractivity contribution is 0.0897. The SMILES string of the molecule is COc1ccnc(NC2CCOC2C2CC2)n1. The molecule has 1 aliphatic carbocycles. The first-order chi connectivity index (χ1) is 8.36. The third kappa shape index (κ3) is 2.34. The quantitative estimate of drug-likeness (QED) is 0.856. The predicted octanol–water partition coefficient (Wildman–Crippen LogP) is 1.46. The Bertz CT molecular complexity index is 395. The van der Waals surface area contributed by atoms with Crippen molar-refractivity contribution in [1.82, 2.24) is 9.97 Å². The maximum Gasteiger partial charge on any atom is 0.226 e. The van der Waals surface area contributed by atoms with E-state index in [9.17, 15) is 0 Å². The molecule has 0 amide bonds. The highest BCUT2D eigenvalue weighted by Gasteiger charge is 2.40. The molecule has 0 bridgehead atoms. The minimum atomic E-state index is 0.338. The van der Waals surface area contributed by atoms with Crippen LogP contribution in [0.4, 0.5) is 5.95 Å². The number of ether oxygens (including phenoxy) is 2. The molecule has 1 saturated heterocycles. The van der Waals surface area contributed by atoms with Crippen LogP contribution in [0.1, 0.15) is 19.3 Å². The van der Waals surface area contributed by atoms with Gasteiger partial charge in [0.25, 0.3) is 0 Å². The third-order valence-corrected chi connectivity index (χ3v) is 3.38. The van der Waals surface area contributed by atoms with Crippen molar-refractivity contribution in [2.24, 2.45) is 5.92 Å². The van der Waals surface area contributed by atoms with E-state index in [4.69, 9.17) is 9.47 Å². The van der Waals surface area contributed by atoms with E-state index in [-0.39, 0.29) is 0 Å².